The fourth-order valence-electron chi connectivity index (χ4n) is 4.62. The van der Waals surface area contributed by atoms with Crippen molar-refractivity contribution in [3.8, 4) is 11.5 Å². The summed E-state index contributed by atoms with van der Waals surface area (Å²) in [7, 11) is 3.16. The fourth-order valence-corrected chi connectivity index (χ4v) is 4.79. The number of methoxy groups -OCH3 is 2. The summed E-state index contributed by atoms with van der Waals surface area (Å²) in [6.07, 6.45) is 3.04. The zero-order chi connectivity index (χ0) is 24.7. The van der Waals surface area contributed by atoms with Gasteiger partial charge in [-0.05, 0) is 55.6 Å². The average molecular weight is 494 g/mol. The highest BCUT2D eigenvalue weighted by molar-refractivity contribution is 6.28. The van der Waals surface area contributed by atoms with Crippen LogP contribution in [0.1, 0.15) is 36.2 Å². The number of piperidine rings is 1. The van der Waals surface area contributed by atoms with Crippen LogP contribution in [-0.2, 0) is 0 Å². The van der Waals surface area contributed by atoms with Crippen molar-refractivity contribution in [1.82, 2.24) is 19.5 Å². The quantitative estimate of drug-likeness (QED) is 0.303. The number of halogens is 1. The van der Waals surface area contributed by atoms with Gasteiger partial charge in [-0.3, -0.25) is 14.2 Å². The first-order valence-corrected chi connectivity index (χ1v) is 11.6. The second kappa shape index (κ2) is 9.14. The lowest BCUT2D eigenvalue weighted by Crippen LogP contribution is -2.38. The lowest BCUT2D eigenvalue weighted by Gasteiger charge is -2.34. The molecule has 1 aliphatic heterocycles. The molecule has 35 heavy (non-hydrogen) atoms. The van der Waals surface area contributed by atoms with Gasteiger partial charge in [-0.1, -0.05) is 0 Å². The lowest BCUT2D eigenvalue weighted by molar-refractivity contribution is 0.101. The van der Waals surface area contributed by atoms with Gasteiger partial charge in [-0.2, -0.15) is 4.98 Å². The highest BCUT2D eigenvalue weighted by Gasteiger charge is 2.25. The molecule has 180 valence electrons. The van der Waals surface area contributed by atoms with Gasteiger partial charge in [0.1, 0.15) is 5.82 Å². The maximum Gasteiger partial charge on any atom is 0.261 e. The number of hydrogen-bond donors (Lipinski definition) is 0. The Balaban J connectivity index is 1.45. The topological polar surface area (TPSA) is 99.4 Å². The Morgan fingerprint density at radius 2 is 1.71 bits per heavy atom. The molecule has 1 fully saturated rings. The molecule has 0 atom stereocenters. The number of rotatable bonds is 5. The molecule has 2 aromatic heterocycles. The maximum absolute atomic E-state index is 13.2. The summed E-state index contributed by atoms with van der Waals surface area (Å²) in [6, 6.07) is 8.67. The van der Waals surface area contributed by atoms with E-state index in [9.17, 15) is 9.59 Å². The average Bonchev–Trinajstić information content (AvgIpc) is 2.87. The van der Waals surface area contributed by atoms with E-state index < -0.39 is 0 Å². The van der Waals surface area contributed by atoms with Crippen LogP contribution in [0.15, 0.2) is 41.5 Å². The molecule has 0 saturated carbocycles. The normalized spacial score (nSPS) is 14.5. The van der Waals surface area contributed by atoms with Crippen molar-refractivity contribution in [3.05, 3.63) is 57.9 Å². The maximum atomic E-state index is 13.2. The Hall–Kier alpha value is -3.72. The number of carbonyl (C=O) groups is 1. The van der Waals surface area contributed by atoms with Gasteiger partial charge in [0.15, 0.2) is 17.3 Å². The number of carbonyl (C=O) groups excluding carboxylic acids is 1. The number of fused-ring (bicyclic) bond motifs is 2. The van der Waals surface area contributed by atoms with Crippen molar-refractivity contribution in [2.24, 2.45) is 0 Å². The van der Waals surface area contributed by atoms with E-state index in [2.05, 4.69) is 19.9 Å². The summed E-state index contributed by atoms with van der Waals surface area (Å²) in [5.41, 5.74) is 1.61. The standard InChI is InChI=1S/C25H24ClN5O4/c1-14(32)15-4-5-19-18(10-15)24(33)31(13-27-19)16-6-8-30(9-7-16)23-17-11-21(34-2)22(35-3)12-20(17)28-25(26)29-23/h4-5,10-13,16H,6-9H2,1-3H3. The van der Waals surface area contributed by atoms with E-state index in [4.69, 9.17) is 21.1 Å². The van der Waals surface area contributed by atoms with Crippen LogP contribution in [0.2, 0.25) is 5.28 Å². The van der Waals surface area contributed by atoms with Crippen molar-refractivity contribution in [3.63, 3.8) is 0 Å². The molecule has 0 aliphatic carbocycles. The number of anilines is 1. The van der Waals surface area contributed by atoms with E-state index in [1.54, 1.807) is 49.4 Å². The van der Waals surface area contributed by atoms with Gasteiger partial charge in [0.05, 0.1) is 37.0 Å². The first kappa shape index (κ1) is 23.0. The van der Waals surface area contributed by atoms with Crippen molar-refractivity contribution in [2.75, 3.05) is 32.2 Å². The summed E-state index contributed by atoms with van der Waals surface area (Å²) >= 11 is 6.25. The molecule has 5 rings (SSSR count). The molecule has 1 saturated heterocycles. The molecule has 3 heterocycles. The predicted octanol–water partition coefficient (Wildman–Crippen LogP) is 4.05. The number of benzene rings is 2. The van der Waals surface area contributed by atoms with Crippen LogP contribution >= 0.6 is 11.6 Å². The van der Waals surface area contributed by atoms with Crippen LogP contribution in [0.5, 0.6) is 11.5 Å². The molecule has 0 bridgehead atoms. The van der Waals surface area contributed by atoms with E-state index in [-0.39, 0.29) is 22.7 Å². The molecule has 4 aromatic rings. The third kappa shape index (κ3) is 4.16. The zero-order valence-corrected chi connectivity index (χ0v) is 20.4. The largest absolute Gasteiger partial charge is 0.493 e. The first-order chi connectivity index (χ1) is 16.9. The number of aromatic nitrogens is 4. The van der Waals surface area contributed by atoms with Gasteiger partial charge in [-0.15, -0.1) is 0 Å². The van der Waals surface area contributed by atoms with Crippen LogP contribution in [0.4, 0.5) is 5.82 Å². The van der Waals surface area contributed by atoms with Crippen LogP contribution in [-0.4, -0.2) is 52.6 Å². The van der Waals surface area contributed by atoms with E-state index in [1.165, 1.54) is 6.92 Å². The molecular formula is C25H24ClN5O4. The van der Waals surface area contributed by atoms with Crippen molar-refractivity contribution in [2.45, 2.75) is 25.8 Å². The fraction of sp³-hybridized carbons (Fsp3) is 0.320. The molecule has 1 aliphatic rings. The lowest BCUT2D eigenvalue weighted by atomic mass is 10.0. The first-order valence-electron chi connectivity index (χ1n) is 11.3. The minimum absolute atomic E-state index is 0.0187. The molecule has 0 spiro atoms. The summed E-state index contributed by atoms with van der Waals surface area (Å²) in [6.45, 7) is 2.82. The highest BCUT2D eigenvalue weighted by atomic mass is 35.5. The Kier molecular flexibility index (Phi) is 6.02. The highest BCUT2D eigenvalue weighted by Crippen LogP contribution is 2.37. The van der Waals surface area contributed by atoms with Gasteiger partial charge in [0, 0.05) is 36.1 Å². The summed E-state index contributed by atoms with van der Waals surface area (Å²) in [5, 5.41) is 1.42. The molecule has 0 radical (unpaired) electrons. The van der Waals surface area contributed by atoms with Gasteiger partial charge in [0.25, 0.3) is 5.56 Å². The van der Waals surface area contributed by atoms with Gasteiger partial charge in [0.2, 0.25) is 5.28 Å². The zero-order valence-electron chi connectivity index (χ0n) is 19.6. The van der Waals surface area contributed by atoms with Crippen molar-refractivity contribution >= 4 is 45.0 Å². The monoisotopic (exact) mass is 493 g/mol. The SMILES string of the molecule is COc1cc2nc(Cl)nc(N3CCC(n4cnc5ccc(C(C)=O)cc5c4=O)CC3)c2cc1OC. The predicted molar refractivity (Wildman–Crippen MR) is 134 cm³/mol. The van der Waals surface area contributed by atoms with E-state index in [0.717, 1.165) is 24.0 Å². The Morgan fingerprint density at radius 1 is 1.00 bits per heavy atom. The van der Waals surface area contributed by atoms with Crippen LogP contribution in [0.25, 0.3) is 21.8 Å². The summed E-state index contributed by atoms with van der Waals surface area (Å²) in [4.78, 5) is 40.5. The van der Waals surface area contributed by atoms with E-state index in [0.29, 0.717) is 46.6 Å². The van der Waals surface area contributed by atoms with Crippen molar-refractivity contribution in [1.29, 1.82) is 0 Å². The third-order valence-electron chi connectivity index (χ3n) is 6.50. The molecule has 0 amide bonds. The molecular weight excluding hydrogens is 470 g/mol. The molecule has 2 aromatic carbocycles. The number of hydrogen-bond acceptors (Lipinski definition) is 8. The molecule has 10 heteroatoms. The number of ether oxygens (including phenoxy) is 2. The van der Waals surface area contributed by atoms with E-state index in [1.807, 2.05) is 6.07 Å². The minimum atomic E-state index is -0.135. The van der Waals surface area contributed by atoms with Crippen LogP contribution in [0.3, 0.4) is 0 Å². The van der Waals surface area contributed by atoms with Crippen LogP contribution in [0, 0.1) is 0 Å². The number of nitrogens with zero attached hydrogens (tertiary/aromatic N) is 5. The van der Waals surface area contributed by atoms with Crippen molar-refractivity contribution < 1.29 is 14.3 Å². The second-order valence-corrected chi connectivity index (χ2v) is 8.84. The summed E-state index contributed by atoms with van der Waals surface area (Å²) in [5.74, 6) is 1.78. The molecule has 0 N–H and O–H groups in total. The van der Waals surface area contributed by atoms with Gasteiger partial charge >= 0.3 is 0 Å². The molecule has 0 unspecified atom stereocenters. The van der Waals surface area contributed by atoms with Gasteiger partial charge < -0.3 is 14.4 Å². The minimum Gasteiger partial charge on any atom is -0.493 e. The smallest absolute Gasteiger partial charge is 0.261 e. The number of Topliss-reactive ketones (excluding diaryl/α,β-unsaturated/α-hetero) is 1. The second-order valence-electron chi connectivity index (χ2n) is 8.50. The Bertz CT molecular complexity index is 1510. The Morgan fingerprint density at radius 3 is 2.40 bits per heavy atom. The third-order valence-corrected chi connectivity index (χ3v) is 6.67. The summed E-state index contributed by atoms with van der Waals surface area (Å²) < 4.78 is 12.5. The van der Waals surface area contributed by atoms with E-state index >= 15 is 0 Å². The Labute approximate surface area is 206 Å². The van der Waals surface area contributed by atoms with Gasteiger partial charge in [-0.25, -0.2) is 9.97 Å². The number of ketones is 1. The molecule has 9 nitrogen and oxygen atoms in total. The van der Waals surface area contributed by atoms with Crippen LogP contribution < -0.4 is 19.9 Å².